The first-order valence-corrected chi connectivity index (χ1v) is 8.40. The van der Waals surface area contributed by atoms with Crippen molar-refractivity contribution in [3.8, 4) is 11.3 Å². The largest absolute Gasteiger partial charge is 0.386 e. The second kappa shape index (κ2) is 6.33. The first-order chi connectivity index (χ1) is 12.1. The van der Waals surface area contributed by atoms with Crippen LogP contribution in [0, 0.1) is 23.4 Å². The molecule has 1 heterocycles. The third kappa shape index (κ3) is 3.11. The molecule has 26 heavy (non-hydrogen) atoms. The molecule has 0 aliphatic heterocycles. The maximum atomic E-state index is 15.1. The van der Waals surface area contributed by atoms with Gasteiger partial charge in [0.2, 0.25) is 0 Å². The molecule has 1 aliphatic carbocycles. The Labute approximate surface area is 149 Å². The smallest absolute Gasteiger partial charge is 0.158 e. The van der Waals surface area contributed by atoms with Gasteiger partial charge in [-0.3, -0.25) is 0 Å². The zero-order valence-corrected chi connectivity index (χ0v) is 14.6. The van der Waals surface area contributed by atoms with Crippen molar-refractivity contribution in [1.82, 2.24) is 4.98 Å². The fraction of sp³-hybridized carbons (Fsp3) is 0.421. The van der Waals surface area contributed by atoms with E-state index in [1.54, 1.807) is 0 Å². The van der Waals surface area contributed by atoms with Gasteiger partial charge in [-0.2, -0.15) is 0 Å². The van der Waals surface area contributed by atoms with Gasteiger partial charge in [0.05, 0.1) is 11.2 Å². The van der Waals surface area contributed by atoms with Crippen molar-refractivity contribution in [3.05, 3.63) is 53.0 Å². The Balaban J connectivity index is 2.31. The Morgan fingerprint density at radius 1 is 1.08 bits per heavy atom. The molecular weight excluding hydrogens is 345 g/mol. The van der Waals surface area contributed by atoms with Gasteiger partial charge in [0.15, 0.2) is 11.6 Å². The summed E-state index contributed by atoms with van der Waals surface area (Å²) in [6.45, 7) is 2.19. The highest BCUT2D eigenvalue weighted by Gasteiger charge is 2.48. The van der Waals surface area contributed by atoms with E-state index >= 15 is 8.78 Å². The summed E-state index contributed by atoms with van der Waals surface area (Å²) in [5, 5.41) is 21.2. The molecule has 3 rings (SSSR count). The van der Waals surface area contributed by atoms with Crippen LogP contribution < -0.4 is 5.73 Å². The lowest BCUT2D eigenvalue weighted by molar-refractivity contribution is 0.0120. The molecule has 1 fully saturated rings. The second-order valence-electron chi connectivity index (χ2n) is 7.28. The SMILES string of the molecule is CC(C)(O)c1c(F)c(-c2ccc(F)cc2)nc([C@@](O)(CN)C2CC2)c1F. The van der Waals surface area contributed by atoms with Crippen molar-refractivity contribution in [2.75, 3.05) is 6.54 Å². The Kier molecular flexibility index (Phi) is 4.58. The van der Waals surface area contributed by atoms with Gasteiger partial charge in [0, 0.05) is 12.1 Å². The van der Waals surface area contributed by atoms with Crippen LogP contribution in [0.4, 0.5) is 13.2 Å². The van der Waals surface area contributed by atoms with E-state index in [-0.39, 0.29) is 29.4 Å². The third-order valence-corrected chi connectivity index (χ3v) is 4.78. The molecule has 1 aliphatic rings. The van der Waals surface area contributed by atoms with E-state index in [1.165, 1.54) is 26.0 Å². The van der Waals surface area contributed by atoms with Crippen molar-refractivity contribution in [3.63, 3.8) is 0 Å². The minimum absolute atomic E-state index is 0.200. The predicted molar refractivity (Wildman–Crippen MR) is 90.5 cm³/mol. The Morgan fingerprint density at radius 3 is 2.12 bits per heavy atom. The second-order valence-corrected chi connectivity index (χ2v) is 7.28. The van der Waals surface area contributed by atoms with E-state index in [2.05, 4.69) is 4.98 Å². The summed E-state index contributed by atoms with van der Waals surface area (Å²) in [7, 11) is 0. The average Bonchev–Trinajstić information content (AvgIpc) is 3.39. The number of halogens is 3. The molecule has 2 aromatic rings. The van der Waals surface area contributed by atoms with Crippen LogP contribution in [0.5, 0.6) is 0 Å². The Hall–Kier alpha value is -1.96. The molecule has 7 heteroatoms. The minimum Gasteiger partial charge on any atom is -0.386 e. The van der Waals surface area contributed by atoms with Gasteiger partial charge in [-0.15, -0.1) is 0 Å². The highest BCUT2D eigenvalue weighted by Crippen LogP contribution is 2.47. The molecule has 4 N–H and O–H groups in total. The monoisotopic (exact) mass is 366 g/mol. The number of hydrogen-bond donors (Lipinski definition) is 3. The number of hydrogen-bond acceptors (Lipinski definition) is 4. The van der Waals surface area contributed by atoms with Crippen LogP contribution in [0.25, 0.3) is 11.3 Å². The van der Waals surface area contributed by atoms with Gasteiger partial charge in [0.25, 0.3) is 0 Å². The Bertz CT molecular complexity index is 830. The van der Waals surface area contributed by atoms with Crippen LogP contribution in [0.3, 0.4) is 0 Å². The molecule has 1 saturated carbocycles. The molecule has 140 valence electrons. The highest BCUT2D eigenvalue weighted by atomic mass is 19.1. The lowest BCUT2D eigenvalue weighted by Crippen LogP contribution is -2.40. The normalized spacial score (nSPS) is 17.2. The lowest BCUT2D eigenvalue weighted by atomic mass is 9.87. The molecule has 4 nitrogen and oxygen atoms in total. The van der Waals surface area contributed by atoms with Gasteiger partial charge in [-0.25, -0.2) is 18.2 Å². The van der Waals surface area contributed by atoms with Crippen LogP contribution in [0.15, 0.2) is 24.3 Å². The first kappa shape index (κ1) is 18.8. The fourth-order valence-electron chi connectivity index (χ4n) is 3.18. The molecule has 0 unspecified atom stereocenters. The third-order valence-electron chi connectivity index (χ3n) is 4.78. The summed E-state index contributed by atoms with van der Waals surface area (Å²) in [6.07, 6.45) is 1.30. The number of pyridine rings is 1. The summed E-state index contributed by atoms with van der Waals surface area (Å²) in [6, 6.07) is 4.85. The van der Waals surface area contributed by atoms with Crippen molar-refractivity contribution < 1.29 is 23.4 Å². The van der Waals surface area contributed by atoms with Gasteiger partial charge >= 0.3 is 0 Å². The highest BCUT2D eigenvalue weighted by molar-refractivity contribution is 5.62. The number of rotatable bonds is 5. The molecule has 1 aromatic carbocycles. The zero-order valence-electron chi connectivity index (χ0n) is 14.6. The van der Waals surface area contributed by atoms with E-state index in [9.17, 15) is 14.6 Å². The molecule has 0 spiro atoms. The number of nitrogens with zero attached hydrogens (tertiary/aromatic N) is 1. The van der Waals surface area contributed by atoms with Crippen LogP contribution in [0.1, 0.15) is 37.9 Å². The van der Waals surface area contributed by atoms with Gasteiger partial charge in [-0.05, 0) is 56.9 Å². The molecule has 1 atom stereocenters. The van der Waals surface area contributed by atoms with Gasteiger partial charge in [-0.1, -0.05) is 0 Å². The number of aliphatic hydroxyl groups is 2. The maximum absolute atomic E-state index is 15.1. The van der Waals surface area contributed by atoms with Crippen LogP contribution in [0.2, 0.25) is 0 Å². The van der Waals surface area contributed by atoms with E-state index in [1.807, 2.05) is 0 Å². The maximum Gasteiger partial charge on any atom is 0.158 e. The van der Waals surface area contributed by atoms with E-state index in [4.69, 9.17) is 5.73 Å². The molecule has 0 radical (unpaired) electrons. The van der Waals surface area contributed by atoms with Crippen LogP contribution >= 0.6 is 0 Å². The zero-order chi connectivity index (χ0) is 19.3. The Morgan fingerprint density at radius 2 is 1.65 bits per heavy atom. The van der Waals surface area contributed by atoms with Crippen LogP contribution in [-0.4, -0.2) is 21.7 Å². The first-order valence-electron chi connectivity index (χ1n) is 8.40. The fourth-order valence-corrected chi connectivity index (χ4v) is 3.18. The quantitative estimate of drug-likeness (QED) is 0.760. The van der Waals surface area contributed by atoms with Gasteiger partial charge in [0.1, 0.15) is 22.8 Å². The molecule has 0 saturated heterocycles. The minimum atomic E-state index is -1.86. The van der Waals surface area contributed by atoms with E-state index in [0.717, 1.165) is 12.1 Å². The summed E-state index contributed by atoms with van der Waals surface area (Å²) in [5.41, 5.74) is 1.01. The van der Waals surface area contributed by atoms with Crippen molar-refractivity contribution >= 4 is 0 Å². The van der Waals surface area contributed by atoms with Crippen LogP contribution in [-0.2, 0) is 11.2 Å². The number of benzene rings is 1. The molecular formula is C19H21F3N2O2. The van der Waals surface area contributed by atoms with Crippen molar-refractivity contribution in [1.29, 1.82) is 0 Å². The van der Waals surface area contributed by atoms with Gasteiger partial charge < -0.3 is 15.9 Å². The van der Waals surface area contributed by atoms with Crippen molar-refractivity contribution in [2.45, 2.75) is 37.9 Å². The van der Waals surface area contributed by atoms with Crippen molar-refractivity contribution in [2.24, 2.45) is 11.7 Å². The molecule has 0 bridgehead atoms. The van der Waals surface area contributed by atoms with E-state index in [0.29, 0.717) is 12.8 Å². The lowest BCUT2D eigenvalue weighted by Gasteiger charge is -2.30. The average molecular weight is 366 g/mol. The standard InChI is InChI=1S/C19H21F3N2O2/c1-18(2,25)13-14(21)16(10-3-7-12(20)8-4-10)24-17(15(13)22)19(26,9-23)11-5-6-11/h3-4,7-8,11,25-26H,5-6,9,23H2,1-2H3/t19-/m1/s1. The summed E-state index contributed by atoms with van der Waals surface area (Å²) in [4.78, 5) is 4.04. The molecule has 1 aromatic heterocycles. The topological polar surface area (TPSA) is 79.4 Å². The number of nitrogens with two attached hydrogens (primary N) is 1. The summed E-state index contributed by atoms with van der Waals surface area (Å²) in [5.74, 6) is -2.97. The number of aromatic nitrogens is 1. The van der Waals surface area contributed by atoms with E-state index < -0.39 is 34.2 Å². The summed E-state index contributed by atoms with van der Waals surface area (Å²) < 4.78 is 43.4. The molecule has 0 amide bonds. The summed E-state index contributed by atoms with van der Waals surface area (Å²) >= 11 is 0. The predicted octanol–water partition coefficient (Wildman–Crippen LogP) is 2.95.